The van der Waals surface area contributed by atoms with Crippen LogP contribution in [0.25, 0.3) is 0 Å². The summed E-state index contributed by atoms with van der Waals surface area (Å²) in [6.45, 7) is 5.15. The summed E-state index contributed by atoms with van der Waals surface area (Å²) in [6.07, 6.45) is 1.88. The van der Waals surface area contributed by atoms with E-state index in [4.69, 9.17) is 5.73 Å². The second kappa shape index (κ2) is 8.04. The van der Waals surface area contributed by atoms with Crippen molar-refractivity contribution in [2.24, 2.45) is 5.73 Å². The van der Waals surface area contributed by atoms with E-state index in [1.54, 1.807) is 4.68 Å². The second-order valence-corrected chi connectivity index (χ2v) is 4.79. The molecule has 0 fully saturated rings. The van der Waals surface area contributed by atoms with Gasteiger partial charge in [0.25, 0.3) is 0 Å². The van der Waals surface area contributed by atoms with Crippen LogP contribution in [0.4, 0.5) is 0 Å². The van der Waals surface area contributed by atoms with Crippen molar-refractivity contribution < 1.29 is 4.79 Å². The lowest BCUT2D eigenvalue weighted by molar-refractivity contribution is -0.119. The lowest BCUT2D eigenvalue weighted by atomic mass is 10.2. The van der Waals surface area contributed by atoms with Gasteiger partial charge in [0, 0.05) is 12.6 Å². The highest BCUT2D eigenvalue weighted by Crippen LogP contribution is 2.12. The molecule has 0 unspecified atom stereocenters. The maximum Gasteiger partial charge on any atom is 0.230 e. The Morgan fingerprint density at radius 3 is 2.83 bits per heavy atom. The van der Waals surface area contributed by atoms with Crippen LogP contribution >= 0.6 is 11.8 Å². The molecule has 0 saturated heterocycles. The van der Waals surface area contributed by atoms with Gasteiger partial charge in [-0.15, -0.1) is 5.10 Å². The first-order valence-electron chi connectivity index (χ1n) is 6.09. The highest BCUT2D eigenvalue weighted by atomic mass is 32.2. The molecular formula is C10H20N6OS. The summed E-state index contributed by atoms with van der Waals surface area (Å²) in [5.74, 6) is 0.331. The number of carbonyl (C=O) groups is 1. The Morgan fingerprint density at radius 2 is 2.22 bits per heavy atom. The summed E-state index contributed by atoms with van der Waals surface area (Å²) in [5.41, 5.74) is 5.44. The zero-order valence-electron chi connectivity index (χ0n) is 10.8. The lowest BCUT2D eigenvalue weighted by Crippen LogP contribution is -2.35. The van der Waals surface area contributed by atoms with Crippen molar-refractivity contribution in [1.29, 1.82) is 0 Å². The normalized spacial score (nSPS) is 10.9. The molecule has 8 heteroatoms. The van der Waals surface area contributed by atoms with Gasteiger partial charge in [-0.25, -0.2) is 4.68 Å². The van der Waals surface area contributed by atoms with Gasteiger partial charge >= 0.3 is 0 Å². The van der Waals surface area contributed by atoms with E-state index in [-0.39, 0.29) is 11.9 Å². The first-order valence-corrected chi connectivity index (χ1v) is 7.08. The van der Waals surface area contributed by atoms with E-state index in [9.17, 15) is 4.79 Å². The van der Waals surface area contributed by atoms with Gasteiger partial charge in [-0.05, 0) is 23.3 Å². The summed E-state index contributed by atoms with van der Waals surface area (Å²) in [4.78, 5) is 11.7. The Balaban J connectivity index is 2.39. The first-order chi connectivity index (χ1) is 8.71. The third-order valence-electron chi connectivity index (χ3n) is 2.52. The highest BCUT2D eigenvalue weighted by Gasteiger charge is 2.11. The topological polar surface area (TPSA) is 98.7 Å². The SMILES string of the molecule is CCC(CC)NC(=O)CSc1nnnn1CCN. The number of thioether (sulfide) groups is 1. The smallest absolute Gasteiger partial charge is 0.230 e. The fourth-order valence-corrected chi connectivity index (χ4v) is 2.17. The number of hydrogen-bond acceptors (Lipinski definition) is 6. The van der Waals surface area contributed by atoms with Crippen LogP contribution in [-0.4, -0.2) is 44.5 Å². The van der Waals surface area contributed by atoms with Gasteiger partial charge in [0.1, 0.15) is 0 Å². The Hall–Kier alpha value is -1.15. The molecule has 18 heavy (non-hydrogen) atoms. The molecule has 0 aliphatic heterocycles. The van der Waals surface area contributed by atoms with Gasteiger partial charge in [0.15, 0.2) is 0 Å². The van der Waals surface area contributed by atoms with E-state index in [2.05, 4.69) is 34.7 Å². The molecule has 1 aromatic heterocycles. The number of hydrogen-bond donors (Lipinski definition) is 2. The quantitative estimate of drug-likeness (QED) is 0.648. The average molecular weight is 272 g/mol. The summed E-state index contributed by atoms with van der Waals surface area (Å²) in [7, 11) is 0. The van der Waals surface area contributed by atoms with E-state index in [1.165, 1.54) is 11.8 Å². The molecule has 0 radical (unpaired) electrons. The Kier molecular flexibility index (Phi) is 6.66. The van der Waals surface area contributed by atoms with Crippen LogP contribution in [0.15, 0.2) is 5.16 Å². The van der Waals surface area contributed by atoms with Gasteiger partial charge in [-0.3, -0.25) is 4.79 Å². The molecule has 102 valence electrons. The maximum absolute atomic E-state index is 11.7. The number of nitrogens with two attached hydrogens (primary N) is 1. The number of rotatable bonds is 8. The van der Waals surface area contributed by atoms with E-state index in [1.807, 2.05) is 0 Å². The predicted octanol–water partition coefficient (Wildman–Crippen LogP) is 0.0287. The van der Waals surface area contributed by atoms with Gasteiger partial charge in [0.05, 0.1) is 12.3 Å². The minimum atomic E-state index is 0.0102. The molecule has 1 heterocycles. The molecule has 0 bridgehead atoms. The van der Waals surface area contributed by atoms with E-state index < -0.39 is 0 Å². The number of amides is 1. The van der Waals surface area contributed by atoms with Crippen molar-refractivity contribution in [2.75, 3.05) is 12.3 Å². The number of nitrogens with zero attached hydrogens (tertiary/aromatic N) is 4. The van der Waals surface area contributed by atoms with Crippen molar-refractivity contribution >= 4 is 17.7 Å². The van der Waals surface area contributed by atoms with E-state index >= 15 is 0 Å². The molecule has 1 aromatic rings. The zero-order chi connectivity index (χ0) is 13.4. The molecule has 1 rings (SSSR count). The molecule has 0 aromatic carbocycles. The zero-order valence-corrected chi connectivity index (χ0v) is 11.6. The van der Waals surface area contributed by atoms with Crippen LogP contribution in [0.1, 0.15) is 26.7 Å². The van der Waals surface area contributed by atoms with Crippen molar-refractivity contribution in [1.82, 2.24) is 25.5 Å². The van der Waals surface area contributed by atoms with Crippen LogP contribution in [0.2, 0.25) is 0 Å². The van der Waals surface area contributed by atoms with Gasteiger partial charge < -0.3 is 11.1 Å². The summed E-state index contributed by atoms with van der Waals surface area (Å²) < 4.78 is 1.61. The molecular weight excluding hydrogens is 252 g/mol. The summed E-state index contributed by atoms with van der Waals surface area (Å²) in [6, 6.07) is 0.248. The summed E-state index contributed by atoms with van der Waals surface area (Å²) >= 11 is 1.32. The fraction of sp³-hybridized carbons (Fsp3) is 0.800. The third-order valence-corrected chi connectivity index (χ3v) is 3.48. The molecule has 0 spiro atoms. The van der Waals surface area contributed by atoms with Crippen LogP contribution in [-0.2, 0) is 11.3 Å². The fourth-order valence-electron chi connectivity index (χ4n) is 1.45. The van der Waals surface area contributed by atoms with Crippen LogP contribution < -0.4 is 11.1 Å². The number of nitrogens with one attached hydrogen (secondary N) is 1. The Labute approximate surface area is 111 Å². The van der Waals surface area contributed by atoms with Crippen LogP contribution in [0, 0.1) is 0 Å². The van der Waals surface area contributed by atoms with Gasteiger partial charge in [0.2, 0.25) is 11.1 Å². The first kappa shape index (κ1) is 14.9. The minimum absolute atomic E-state index is 0.0102. The van der Waals surface area contributed by atoms with E-state index in [0.717, 1.165) is 12.8 Å². The predicted molar refractivity (Wildman–Crippen MR) is 70.1 cm³/mol. The third kappa shape index (κ3) is 4.61. The van der Waals surface area contributed by atoms with Crippen molar-refractivity contribution in [2.45, 2.75) is 44.4 Å². The molecule has 0 aliphatic carbocycles. The monoisotopic (exact) mass is 272 g/mol. The molecule has 0 atom stereocenters. The molecule has 7 nitrogen and oxygen atoms in total. The highest BCUT2D eigenvalue weighted by molar-refractivity contribution is 7.99. The van der Waals surface area contributed by atoms with Crippen LogP contribution in [0.5, 0.6) is 0 Å². The van der Waals surface area contributed by atoms with Gasteiger partial charge in [-0.2, -0.15) is 0 Å². The Morgan fingerprint density at radius 1 is 1.50 bits per heavy atom. The molecule has 0 aliphatic rings. The Bertz CT molecular complexity index is 365. The average Bonchev–Trinajstić information content (AvgIpc) is 2.81. The van der Waals surface area contributed by atoms with Crippen molar-refractivity contribution in [3.05, 3.63) is 0 Å². The minimum Gasteiger partial charge on any atom is -0.353 e. The standard InChI is InChI=1S/C10H20N6OS/c1-3-8(4-2)12-9(17)7-18-10-13-14-15-16(10)6-5-11/h8H,3-7,11H2,1-2H3,(H,12,17). The van der Waals surface area contributed by atoms with Gasteiger partial charge in [-0.1, -0.05) is 25.6 Å². The molecule has 0 saturated carbocycles. The lowest BCUT2D eigenvalue weighted by Gasteiger charge is -2.14. The number of carbonyl (C=O) groups excluding carboxylic acids is 1. The molecule has 1 amide bonds. The maximum atomic E-state index is 11.7. The van der Waals surface area contributed by atoms with Crippen molar-refractivity contribution in [3.8, 4) is 0 Å². The number of aromatic nitrogens is 4. The largest absolute Gasteiger partial charge is 0.353 e. The van der Waals surface area contributed by atoms with Crippen LogP contribution in [0.3, 0.4) is 0 Å². The number of tetrazole rings is 1. The van der Waals surface area contributed by atoms with Crippen molar-refractivity contribution in [3.63, 3.8) is 0 Å². The van der Waals surface area contributed by atoms with E-state index in [0.29, 0.717) is 24.0 Å². The second-order valence-electron chi connectivity index (χ2n) is 3.84. The summed E-state index contributed by atoms with van der Waals surface area (Å²) in [5, 5.41) is 14.8. The molecule has 3 N–H and O–H groups in total.